The average Bonchev–Trinajstić information content (AvgIpc) is 2.99. The van der Waals surface area contributed by atoms with Crippen LogP contribution in [0.4, 0.5) is 0 Å². The summed E-state index contributed by atoms with van der Waals surface area (Å²) in [6.45, 7) is 3.87. The van der Waals surface area contributed by atoms with E-state index in [-0.39, 0.29) is 11.9 Å². The molecular weight excluding hydrogens is 344 g/mol. The summed E-state index contributed by atoms with van der Waals surface area (Å²) < 4.78 is 5.19. The summed E-state index contributed by atoms with van der Waals surface area (Å²) in [4.78, 5) is 12.6. The van der Waals surface area contributed by atoms with Crippen molar-refractivity contribution >= 4 is 17.7 Å². The molecule has 1 atom stereocenters. The predicted octanol–water partition coefficient (Wildman–Crippen LogP) is 4.96. The molecule has 3 rings (SSSR count). The number of amides is 1. The van der Waals surface area contributed by atoms with Crippen LogP contribution in [0.5, 0.6) is 0 Å². The number of nitrogens with zero attached hydrogens (tertiary/aromatic N) is 1. The Hall–Kier alpha value is -1.75. The topological polar surface area (TPSA) is 55.1 Å². The molecule has 0 spiro atoms. The lowest BCUT2D eigenvalue weighted by Gasteiger charge is -2.31. The van der Waals surface area contributed by atoms with Crippen molar-refractivity contribution < 1.29 is 9.32 Å². The van der Waals surface area contributed by atoms with Gasteiger partial charge in [0.15, 0.2) is 0 Å². The first-order valence-corrected chi connectivity index (χ1v) is 10.6. The molecule has 1 aromatic heterocycles. The number of aromatic nitrogens is 1. The van der Waals surface area contributed by atoms with Crippen molar-refractivity contribution in [2.45, 2.75) is 57.7 Å². The first-order chi connectivity index (χ1) is 12.6. The van der Waals surface area contributed by atoms with E-state index in [0.717, 1.165) is 22.8 Å². The number of aryl methyl sites for hydroxylation is 2. The van der Waals surface area contributed by atoms with Crippen molar-refractivity contribution in [3.05, 3.63) is 52.9 Å². The third-order valence-corrected chi connectivity index (χ3v) is 6.22. The van der Waals surface area contributed by atoms with Gasteiger partial charge in [-0.05, 0) is 38.2 Å². The molecule has 0 aliphatic heterocycles. The molecule has 0 saturated heterocycles. The Morgan fingerprint density at radius 3 is 2.62 bits per heavy atom. The lowest BCUT2D eigenvalue weighted by molar-refractivity contribution is -0.119. The monoisotopic (exact) mass is 372 g/mol. The molecule has 5 heteroatoms. The van der Waals surface area contributed by atoms with Gasteiger partial charge in [0.1, 0.15) is 5.76 Å². The molecule has 1 amide bonds. The summed E-state index contributed by atoms with van der Waals surface area (Å²) >= 11 is 1.62. The largest absolute Gasteiger partial charge is 0.361 e. The third-order valence-electron chi connectivity index (χ3n) is 5.26. The van der Waals surface area contributed by atoms with E-state index in [2.05, 4.69) is 34.7 Å². The Balaban J connectivity index is 1.58. The van der Waals surface area contributed by atoms with Crippen molar-refractivity contribution in [2.75, 3.05) is 5.75 Å². The van der Waals surface area contributed by atoms with E-state index >= 15 is 0 Å². The predicted molar refractivity (Wildman–Crippen MR) is 106 cm³/mol. The number of thioether (sulfide) groups is 1. The number of hydrogen-bond donors (Lipinski definition) is 1. The molecule has 140 valence electrons. The van der Waals surface area contributed by atoms with Crippen LogP contribution in [0.1, 0.15) is 60.7 Å². The molecule has 1 fully saturated rings. The summed E-state index contributed by atoms with van der Waals surface area (Å²) in [6.07, 6.45) is 6.26. The zero-order chi connectivity index (χ0) is 18.4. The van der Waals surface area contributed by atoms with Crippen LogP contribution in [-0.2, 0) is 10.5 Å². The Morgan fingerprint density at radius 2 is 1.96 bits per heavy atom. The van der Waals surface area contributed by atoms with Gasteiger partial charge >= 0.3 is 0 Å². The van der Waals surface area contributed by atoms with E-state index in [9.17, 15) is 4.79 Å². The first-order valence-electron chi connectivity index (χ1n) is 9.49. The van der Waals surface area contributed by atoms with Crippen LogP contribution < -0.4 is 5.32 Å². The fraction of sp³-hybridized carbons (Fsp3) is 0.524. The highest BCUT2D eigenvalue weighted by Gasteiger charge is 2.26. The Bertz CT molecular complexity index is 689. The molecule has 4 nitrogen and oxygen atoms in total. The Kier molecular flexibility index (Phi) is 6.78. The molecule has 1 heterocycles. The van der Waals surface area contributed by atoms with Crippen LogP contribution in [0.15, 0.2) is 34.9 Å². The Morgan fingerprint density at radius 1 is 1.23 bits per heavy atom. The first kappa shape index (κ1) is 19.0. The molecule has 1 aromatic carbocycles. The standard InChI is InChI=1S/C21H28N2O2S/c1-15-19(16(2)25-23-15)13-26-14-20(24)22-21(17-9-5-3-6-10-17)18-11-7-4-8-12-18/h3,5-6,9-10,18,21H,4,7-8,11-14H2,1-2H3,(H,22,24). The fourth-order valence-corrected chi connectivity index (χ4v) is 4.76. The molecule has 1 N–H and O–H groups in total. The smallest absolute Gasteiger partial charge is 0.230 e. The fourth-order valence-electron chi connectivity index (χ4n) is 3.77. The van der Waals surface area contributed by atoms with Gasteiger partial charge in [-0.25, -0.2) is 0 Å². The maximum Gasteiger partial charge on any atom is 0.230 e. The zero-order valence-electron chi connectivity index (χ0n) is 15.7. The van der Waals surface area contributed by atoms with Crippen molar-refractivity contribution in [1.82, 2.24) is 10.5 Å². The van der Waals surface area contributed by atoms with Crippen LogP contribution in [0.2, 0.25) is 0 Å². The number of carbonyl (C=O) groups is 1. The maximum absolute atomic E-state index is 12.6. The van der Waals surface area contributed by atoms with Gasteiger partial charge in [0.05, 0.1) is 17.5 Å². The molecule has 1 aliphatic rings. The van der Waals surface area contributed by atoms with E-state index in [1.54, 1.807) is 11.8 Å². The van der Waals surface area contributed by atoms with Gasteiger partial charge in [-0.2, -0.15) is 0 Å². The van der Waals surface area contributed by atoms with Crippen molar-refractivity contribution in [2.24, 2.45) is 5.92 Å². The SMILES string of the molecule is Cc1noc(C)c1CSCC(=O)NC(c1ccccc1)C1CCCCC1. The van der Waals surface area contributed by atoms with Crippen molar-refractivity contribution in [3.8, 4) is 0 Å². The number of rotatable bonds is 7. The summed E-state index contributed by atoms with van der Waals surface area (Å²) in [5.74, 6) is 2.72. The van der Waals surface area contributed by atoms with Gasteiger partial charge in [-0.15, -0.1) is 11.8 Å². The second-order valence-corrected chi connectivity index (χ2v) is 8.14. The Labute approximate surface area is 160 Å². The van der Waals surface area contributed by atoms with Gasteiger partial charge in [-0.1, -0.05) is 54.8 Å². The summed E-state index contributed by atoms with van der Waals surface area (Å²) in [5, 5.41) is 7.29. The minimum atomic E-state index is 0.112. The maximum atomic E-state index is 12.6. The van der Waals surface area contributed by atoms with E-state index in [4.69, 9.17) is 4.52 Å². The van der Waals surface area contributed by atoms with Crippen LogP contribution in [0.25, 0.3) is 0 Å². The molecule has 1 unspecified atom stereocenters. The quantitative estimate of drug-likeness (QED) is 0.746. The number of nitrogens with one attached hydrogen (secondary N) is 1. The highest BCUT2D eigenvalue weighted by molar-refractivity contribution is 7.99. The minimum absolute atomic E-state index is 0.112. The van der Waals surface area contributed by atoms with E-state index in [0.29, 0.717) is 11.7 Å². The average molecular weight is 373 g/mol. The highest BCUT2D eigenvalue weighted by atomic mass is 32.2. The van der Waals surface area contributed by atoms with Gasteiger partial charge < -0.3 is 9.84 Å². The van der Waals surface area contributed by atoms with E-state index in [1.807, 2.05) is 19.9 Å². The lowest BCUT2D eigenvalue weighted by Crippen LogP contribution is -2.35. The van der Waals surface area contributed by atoms with Crippen LogP contribution in [0.3, 0.4) is 0 Å². The van der Waals surface area contributed by atoms with Crippen LogP contribution in [-0.4, -0.2) is 16.8 Å². The number of benzene rings is 1. The second-order valence-electron chi connectivity index (χ2n) is 7.15. The molecule has 26 heavy (non-hydrogen) atoms. The van der Waals surface area contributed by atoms with Gasteiger partial charge in [-0.3, -0.25) is 4.79 Å². The van der Waals surface area contributed by atoms with Crippen molar-refractivity contribution in [3.63, 3.8) is 0 Å². The van der Waals surface area contributed by atoms with Crippen LogP contribution in [0, 0.1) is 19.8 Å². The summed E-state index contributed by atoms with van der Waals surface area (Å²) in [6, 6.07) is 10.5. The normalized spacial score (nSPS) is 16.4. The zero-order valence-corrected chi connectivity index (χ0v) is 16.5. The number of hydrogen-bond acceptors (Lipinski definition) is 4. The second kappa shape index (κ2) is 9.26. The summed E-state index contributed by atoms with van der Waals surface area (Å²) in [7, 11) is 0. The van der Waals surface area contributed by atoms with Crippen molar-refractivity contribution in [1.29, 1.82) is 0 Å². The van der Waals surface area contributed by atoms with E-state index in [1.165, 1.54) is 37.7 Å². The van der Waals surface area contributed by atoms with Gasteiger partial charge in [0, 0.05) is 11.3 Å². The number of carbonyl (C=O) groups excluding carboxylic acids is 1. The third kappa shape index (κ3) is 4.91. The molecule has 1 saturated carbocycles. The molecule has 0 bridgehead atoms. The molecular formula is C21H28N2O2S. The van der Waals surface area contributed by atoms with E-state index < -0.39 is 0 Å². The lowest BCUT2D eigenvalue weighted by atomic mass is 9.81. The molecule has 1 aliphatic carbocycles. The highest BCUT2D eigenvalue weighted by Crippen LogP contribution is 2.34. The van der Waals surface area contributed by atoms with Gasteiger partial charge in [0.25, 0.3) is 0 Å². The van der Waals surface area contributed by atoms with Crippen LogP contribution >= 0.6 is 11.8 Å². The summed E-state index contributed by atoms with van der Waals surface area (Å²) in [5.41, 5.74) is 3.25. The molecule has 0 radical (unpaired) electrons. The minimum Gasteiger partial charge on any atom is -0.361 e. The molecule has 2 aromatic rings. The van der Waals surface area contributed by atoms with Gasteiger partial charge in [0.2, 0.25) is 5.91 Å².